The van der Waals surface area contributed by atoms with Crippen molar-refractivity contribution in [1.29, 1.82) is 0 Å². The van der Waals surface area contributed by atoms with E-state index in [1.807, 2.05) is 0 Å². The van der Waals surface area contributed by atoms with E-state index < -0.39 is 17.0 Å². The predicted molar refractivity (Wildman–Crippen MR) is 109 cm³/mol. The van der Waals surface area contributed by atoms with Crippen molar-refractivity contribution in [3.63, 3.8) is 0 Å². The number of fused-ring (bicyclic) bond motifs is 1. The second-order valence-corrected chi connectivity index (χ2v) is 6.90. The Morgan fingerprint density at radius 1 is 0.893 bits per heavy atom. The van der Waals surface area contributed by atoms with Crippen molar-refractivity contribution in [3.05, 3.63) is 98.1 Å². The topological polar surface area (TPSA) is 67.5 Å². The fourth-order valence-electron chi connectivity index (χ4n) is 3.02. The summed E-state index contributed by atoms with van der Waals surface area (Å²) in [5, 5.41) is 10.1. The molecule has 6 heteroatoms. The van der Waals surface area contributed by atoms with Crippen LogP contribution in [0, 0.1) is 0 Å². The minimum Gasteiger partial charge on any atom is -0.505 e. The van der Waals surface area contributed by atoms with Gasteiger partial charge < -0.3 is 9.52 Å². The Morgan fingerprint density at radius 3 is 2.14 bits per heavy atom. The molecule has 0 aliphatic heterocycles. The molecule has 1 heterocycles. The molecule has 138 valence electrons. The van der Waals surface area contributed by atoms with Gasteiger partial charge in [-0.15, -0.1) is 0 Å². The molecule has 0 radical (unpaired) electrons. The highest BCUT2D eigenvalue weighted by molar-refractivity contribution is 6.39. The summed E-state index contributed by atoms with van der Waals surface area (Å²) in [6.07, 6.45) is 0. The fraction of sp³-hybridized carbons (Fsp3) is 0. The number of carbonyl (C=O) groups is 1. The van der Waals surface area contributed by atoms with Crippen molar-refractivity contribution >= 4 is 40.0 Å². The Labute approximate surface area is 169 Å². The molecular formula is C22H12Cl2O4. The van der Waals surface area contributed by atoms with Gasteiger partial charge in [0.25, 0.3) is 0 Å². The van der Waals surface area contributed by atoms with Crippen LogP contribution < -0.4 is 5.43 Å². The molecule has 3 aromatic carbocycles. The third-order valence-electron chi connectivity index (χ3n) is 4.34. The van der Waals surface area contributed by atoms with Crippen molar-refractivity contribution in [1.82, 2.24) is 0 Å². The standard InChI is InChI=1S/C22H12Cl2O4/c23-14-11-15(24)22-17(19(14)26)20(27)16(18(25)12-7-3-1-4-8-12)21(28-22)13-9-5-2-6-10-13/h1-11,26H. The molecule has 1 aromatic heterocycles. The van der Waals surface area contributed by atoms with Gasteiger partial charge in [-0.2, -0.15) is 0 Å². The molecule has 0 bridgehead atoms. The molecular weight excluding hydrogens is 399 g/mol. The first-order valence-corrected chi connectivity index (χ1v) is 9.07. The van der Waals surface area contributed by atoms with Crippen LogP contribution in [0.25, 0.3) is 22.3 Å². The minimum absolute atomic E-state index is 0.0305. The van der Waals surface area contributed by atoms with Gasteiger partial charge in [0.2, 0.25) is 11.2 Å². The Balaban J connectivity index is 2.15. The maximum absolute atomic E-state index is 13.3. The number of carbonyl (C=O) groups excluding carboxylic acids is 1. The van der Waals surface area contributed by atoms with Gasteiger partial charge in [-0.05, 0) is 6.07 Å². The Morgan fingerprint density at radius 2 is 1.50 bits per heavy atom. The summed E-state index contributed by atoms with van der Waals surface area (Å²) in [6, 6.07) is 18.4. The van der Waals surface area contributed by atoms with Gasteiger partial charge in [0, 0.05) is 11.1 Å². The van der Waals surface area contributed by atoms with Gasteiger partial charge in [0.05, 0.1) is 10.0 Å². The minimum atomic E-state index is -0.698. The summed E-state index contributed by atoms with van der Waals surface area (Å²) in [4.78, 5) is 26.5. The molecule has 4 nitrogen and oxygen atoms in total. The highest BCUT2D eigenvalue weighted by Crippen LogP contribution is 2.38. The quantitative estimate of drug-likeness (QED) is 0.439. The Kier molecular flexibility index (Phi) is 4.67. The number of phenolic OH excluding ortho intramolecular Hbond substituents is 1. The second-order valence-electron chi connectivity index (χ2n) is 6.09. The van der Waals surface area contributed by atoms with E-state index in [0.717, 1.165) is 0 Å². The predicted octanol–water partition coefficient (Wildman–Crippen LogP) is 5.70. The number of ketones is 1. The van der Waals surface area contributed by atoms with Crippen LogP contribution in [0.4, 0.5) is 0 Å². The Hall–Kier alpha value is -3.08. The molecule has 0 amide bonds. The van der Waals surface area contributed by atoms with Gasteiger partial charge >= 0.3 is 0 Å². The average molecular weight is 411 g/mol. The van der Waals surface area contributed by atoms with E-state index in [9.17, 15) is 14.7 Å². The van der Waals surface area contributed by atoms with Crippen molar-refractivity contribution in [2.45, 2.75) is 0 Å². The first-order valence-electron chi connectivity index (χ1n) is 8.32. The summed E-state index contributed by atoms with van der Waals surface area (Å²) < 4.78 is 5.90. The third kappa shape index (κ3) is 2.97. The van der Waals surface area contributed by atoms with Gasteiger partial charge in [0.1, 0.15) is 22.5 Å². The molecule has 28 heavy (non-hydrogen) atoms. The van der Waals surface area contributed by atoms with Crippen molar-refractivity contribution in [2.24, 2.45) is 0 Å². The third-order valence-corrected chi connectivity index (χ3v) is 4.91. The van der Waals surface area contributed by atoms with Crippen LogP contribution in [0.3, 0.4) is 0 Å². The monoisotopic (exact) mass is 410 g/mol. The number of benzene rings is 3. The number of phenols is 1. The molecule has 0 fully saturated rings. The lowest BCUT2D eigenvalue weighted by molar-refractivity contribution is 0.103. The molecule has 0 spiro atoms. The second kappa shape index (κ2) is 7.15. The lowest BCUT2D eigenvalue weighted by atomic mass is 9.97. The van der Waals surface area contributed by atoms with Gasteiger partial charge in [-0.25, -0.2) is 0 Å². The van der Waals surface area contributed by atoms with E-state index in [4.69, 9.17) is 27.6 Å². The number of aromatic hydroxyl groups is 1. The maximum Gasteiger partial charge on any atom is 0.208 e. The van der Waals surface area contributed by atoms with E-state index in [1.54, 1.807) is 60.7 Å². The smallest absolute Gasteiger partial charge is 0.208 e. The highest BCUT2D eigenvalue weighted by atomic mass is 35.5. The summed E-state index contributed by atoms with van der Waals surface area (Å²) >= 11 is 12.2. The Bertz CT molecular complexity index is 1260. The number of hydrogen-bond acceptors (Lipinski definition) is 4. The zero-order valence-electron chi connectivity index (χ0n) is 14.3. The van der Waals surface area contributed by atoms with Crippen LogP contribution in [0.5, 0.6) is 5.75 Å². The number of hydrogen-bond donors (Lipinski definition) is 1. The molecule has 4 rings (SSSR count). The van der Waals surface area contributed by atoms with Crippen molar-refractivity contribution in [3.8, 4) is 17.1 Å². The summed E-state index contributed by atoms with van der Waals surface area (Å²) in [5.41, 5.74) is -0.0725. The van der Waals surface area contributed by atoms with Crippen LogP contribution in [-0.2, 0) is 0 Å². The van der Waals surface area contributed by atoms with E-state index in [0.29, 0.717) is 11.1 Å². The van der Waals surface area contributed by atoms with E-state index in [1.165, 1.54) is 6.07 Å². The van der Waals surface area contributed by atoms with Gasteiger partial charge in [0.15, 0.2) is 5.58 Å². The van der Waals surface area contributed by atoms with Gasteiger partial charge in [-0.1, -0.05) is 83.9 Å². The van der Waals surface area contributed by atoms with Crippen molar-refractivity contribution < 1.29 is 14.3 Å². The van der Waals surface area contributed by atoms with Crippen LogP contribution in [0.2, 0.25) is 10.0 Å². The molecule has 4 aromatic rings. The molecule has 0 aliphatic rings. The highest BCUT2D eigenvalue weighted by Gasteiger charge is 2.26. The SMILES string of the molecule is O=C(c1ccccc1)c1c(-c2ccccc2)oc2c(Cl)cc(Cl)c(O)c2c1=O. The normalized spacial score (nSPS) is 10.9. The molecule has 0 unspecified atom stereocenters. The first kappa shape index (κ1) is 18.3. The van der Waals surface area contributed by atoms with Crippen LogP contribution in [0.15, 0.2) is 75.9 Å². The van der Waals surface area contributed by atoms with Crippen LogP contribution >= 0.6 is 23.2 Å². The molecule has 0 atom stereocenters. The zero-order valence-corrected chi connectivity index (χ0v) is 15.8. The number of halogens is 2. The summed E-state index contributed by atoms with van der Waals surface area (Å²) in [5.74, 6) is -0.919. The van der Waals surface area contributed by atoms with Gasteiger partial charge in [-0.3, -0.25) is 9.59 Å². The van der Waals surface area contributed by atoms with Crippen molar-refractivity contribution in [2.75, 3.05) is 0 Å². The van der Waals surface area contributed by atoms with E-state index in [-0.39, 0.29) is 32.3 Å². The zero-order chi connectivity index (χ0) is 19.8. The largest absolute Gasteiger partial charge is 0.505 e. The average Bonchev–Trinajstić information content (AvgIpc) is 2.72. The molecule has 0 aliphatic carbocycles. The molecule has 1 N–H and O–H groups in total. The lowest BCUT2D eigenvalue weighted by Gasteiger charge is -2.12. The van der Waals surface area contributed by atoms with E-state index in [2.05, 4.69) is 0 Å². The van der Waals surface area contributed by atoms with Crippen LogP contribution in [-0.4, -0.2) is 10.9 Å². The summed E-state index contributed by atoms with van der Waals surface area (Å²) in [7, 11) is 0. The molecule has 0 saturated carbocycles. The molecule has 0 saturated heterocycles. The first-order chi connectivity index (χ1) is 13.5. The maximum atomic E-state index is 13.3. The number of rotatable bonds is 3. The summed E-state index contributed by atoms with van der Waals surface area (Å²) in [6.45, 7) is 0. The van der Waals surface area contributed by atoms with E-state index >= 15 is 0 Å². The fourth-order valence-corrected chi connectivity index (χ4v) is 3.52. The lowest BCUT2D eigenvalue weighted by Crippen LogP contribution is -2.18. The van der Waals surface area contributed by atoms with Crippen LogP contribution in [0.1, 0.15) is 15.9 Å².